The van der Waals surface area contributed by atoms with Gasteiger partial charge in [-0.2, -0.15) is 10.2 Å². The second-order valence-corrected chi connectivity index (χ2v) is 6.85. The van der Waals surface area contributed by atoms with E-state index in [9.17, 15) is 4.79 Å². The molecule has 0 spiro atoms. The molecule has 4 rings (SSSR count). The molecule has 0 aliphatic heterocycles. The van der Waals surface area contributed by atoms with Crippen molar-refractivity contribution < 1.29 is 4.79 Å². The van der Waals surface area contributed by atoms with Crippen LogP contribution < -0.4 is 5.32 Å². The molecule has 4 aromatic rings. The van der Waals surface area contributed by atoms with E-state index in [1.54, 1.807) is 17.4 Å². The molecule has 3 heterocycles. The van der Waals surface area contributed by atoms with Gasteiger partial charge in [0.2, 0.25) is 0 Å². The summed E-state index contributed by atoms with van der Waals surface area (Å²) in [6.07, 6.45) is 0. The molecule has 0 radical (unpaired) electrons. The monoisotopic (exact) mass is 349 g/mol. The van der Waals surface area contributed by atoms with Gasteiger partial charge in [-0.1, -0.05) is 30.3 Å². The minimum atomic E-state index is -0.282. The number of carbonyl (C=O) groups is 1. The fourth-order valence-corrected chi connectivity index (χ4v) is 3.30. The van der Waals surface area contributed by atoms with Crippen LogP contribution in [0.1, 0.15) is 15.4 Å². The zero-order valence-electron chi connectivity index (χ0n) is 13.4. The van der Waals surface area contributed by atoms with Crippen LogP contribution in [0.5, 0.6) is 0 Å². The fourth-order valence-electron chi connectivity index (χ4n) is 2.47. The van der Waals surface area contributed by atoms with Crippen molar-refractivity contribution >= 4 is 23.1 Å². The molecule has 25 heavy (non-hydrogen) atoms. The fraction of sp³-hybridized carbons (Fsp3) is 0.0556. The maximum absolute atomic E-state index is 12.4. The molecule has 7 heteroatoms. The Morgan fingerprint density at radius 3 is 2.64 bits per heavy atom. The zero-order valence-corrected chi connectivity index (χ0v) is 14.2. The molecular weight excluding hydrogens is 334 g/mol. The number of carbonyl (C=O) groups excluding carboxylic acids is 1. The maximum atomic E-state index is 12.4. The molecule has 0 unspecified atom stereocenters. The highest BCUT2D eigenvalue weighted by Crippen LogP contribution is 2.27. The Bertz CT molecular complexity index is 1010. The van der Waals surface area contributed by atoms with Crippen LogP contribution in [0.15, 0.2) is 54.6 Å². The van der Waals surface area contributed by atoms with E-state index in [0.717, 1.165) is 21.8 Å². The minimum absolute atomic E-state index is 0.282. The van der Waals surface area contributed by atoms with Crippen molar-refractivity contribution in [3.05, 3.63) is 65.2 Å². The van der Waals surface area contributed by atoms with Crippen LogP contribution in [-0.4, -0.2) is 26.3 Å². The molecule has 1 aromatic carbocycles. The van der Waals surface area contributed by atoms with Gasteiger partial charge in [0, 0.05) is 16.5 Å². The number of H-pyrrole nitrogens is 2. The predicted molar refractivity (Wildman–Crippen MR) is 98.6 cm³/mol. The summed E-state index contributed by atoms with van der Waals surface area (Å²) < 4.78 is 0. The number of anilines is 1. The number of thiophene rings is 1. The van der Waals surface area contributed by atoms with Crippen molar-refractivity contribution in [2.75, 3.05) is 5.32 Å². The van der Waals surface area contributed by atoms with E-state index >= 15 is 0 Å². The number of hydrogen-bond donors (Lipinski definition) is 3. The average molecular weight is 349 g/mol. The third-order valence-electron chi connectivity index (χ3n) is 3.72. The molecule has 0 bridgehead atoms. The number of nitrogens with zero attached hydrogens (tertiary/aromatic N) is 2. The van der Waals surface area contributed by atoms with E-state index in [2.05, 4.69) is 38.7 Å². The minimum Gasteiger partial charge on any atom is -0.304 e. The number of amides is 1. The van der Waals surface area contributed by atoms with E-state index in [0.29, 0.717) is 11.5 Å². The number of aromatic amines is 2. The Balaban J connectivity index is 1.49. The van der Waals surface area contributed by atoms with E-state index in [1.807, 2.05) is 42.5 Å². The van der Waals surface area contributed by atoms with E-state index in [1.165, 1.54) is 4.88 Å². The molecule has 0 saturated heterocycles. The Labute approximate surface area is 147 Å². The van der Waals surface area contributed by atoms with Crippen LogP contribution in [0.4, 0.5) is 5.82 Å². The Hall–Kier alpha value is -3.19. The lowest BCUT2D eigenvalue weighted by Crippen LogP contribution is -2.12. The van der Waals surface area contributed by atoms with Gasteiger partial charge in [0.1, 0.15) is 5.69 Å². The first kappa shape index (κ1) is 15.3. The summed E-state index contributed by atoms with van der Waals surface area (Å²) in [6, 6.07) is 17.3. The third kappa shape index (κ3) is 3.22. The van der Waals surface area contributed by atoms with Gasteiger partial charge in [0.25, 0.3) is 5.91 Å². The highest BCUT2D eigenvalue weighted by atomic mass is 32.1. The summed E-state index contributed by atoms with van der Waals surface area (Å²) in [7, 11) is 0. The van der Waals surface area contributed by atoms with Crippen molar-refractivity contribution in [3.63, 3.8) is 0 Å². The summed E-state index contributed by atoms with van der Waals surface area (Å²) in [5, 5.41) is 16.8. The summed E-state index contributed by atoms with van der Waals surface area (Å²) in [5.41, 5.74) is 2.94. The lowest BCUT2D eigenvalue weighted by atomic mass is 10.1. The van der Waals surface area contributed by atoms with Gasteiger partial charge in [-0.15, -0.1) is 11.3 Å². The number of aromatic nitrogens is 4. The van der Waals surface area contributed by atoms with Crippen LogP contribution in [0.25, 0.3) is 21.8 Å². The molecule has 0 fully saturated rings. The van der Waals surface area contributed by atoms with Crippen LogP contribution in [0, 0.1) is 6.92 Å². The highest BCUT2D eigenvalue weighted by molar-refractivity contribution is 7.15. The predicted octanol–water partition coefficient (Wildman–Crippen LogP) is 4.09. The first-order valence-corrected chi connectivity index (χ1v) is 8.55. The molecule has 0 saturated carbocycles. The normalized spacial score (nSPS) is 10.8. The van der Waals surface area contributed by atoms with Gasteiger partial charge < -0.3 is 5.32 Å². The van der Waals surface area contributed by atoms with Gasteiger partial charge in [-0.3, -0.25) is 15.0 Å². The number of rotatable bonds is 4. The lowest BCUT2D eigenvalue weighted by Gasteiger charge is -1.97. The van der Waals surface area contributed by atoms with E-state index in [-0.39, 0.29) is 5.91 Å². The largest absolute Gasteiger partial charge is 0.304 e. The van der Waals surface area contributed by atoms with Gasteiger partial charge in [0.15, 0.2) is 5.82 Å². The Morgan fingerprint density at radius 1 is 1.04 bits per heavy atom. The molecular formula is C18H15N5OS. The average Bonchev–Trinajstić information content (AvgIpc) is 3.35. The standard InChI is InChI=1S/C18H15N5OS/c1-11-7-8-16(25-11)14-10-17(23-21-14)19-18(24)15-9-13(20-22-15)12-5-3-2-4-6-12/h2-10H,1H3,(H,20,22)(H2,19,21,23,24). The van der Waals surface area contributed by atoms with Crippen molar-refractivity contribution in [1.82, 2.24) is 20.4 Å². The Kier molecular flexibility index (Phi) is 3.91. The van der Waals surface area contributed by atoms with Crippen molar-refractivity contribution in [3.8, 4) is 21.8 Å². The lowest BCUT2D eigenvalue weighted by molar-refractivity contribution is 0.102. The molecule has 3 aromatic heterocycles. The topological polar surface area (TPSA) is 86.5 Å². The van der Waals surface area contributed by atoms with Crippen LogP contribution in [0.3, 0.4) is 0 Å². The SMILES string of the molecule is Cc1ccc(-c2cc(NC(=O)c3cc(-c4ccccc4)n[nH]3)n[nH]2)s1. The molecule has 0 aliphatic rings. The van der Waals surface area contributed by atoms with Crippen molar-refractivity contribution in [2.24, 2.45) is 0 Å². The second-order valence-electron chi connectivity index (χ2n) is 5.56. The van der Waals surface area contributed by atoms with Crippen molar-refractivity contribution in [2.45, 2.75) is 6.92 Å². The summed E-state index contributed by atoms with van der Waals surface area (Å²) in [6.45, 7) is 2.05. The van der Waals surface area contributed by atoms with E-state index < -0.39 is 0 Å². The first-order valence-electron chi connectivity index (χ1n) is 7.73. The number of benzene rings is 1. The van der Waals surface area contributed by atoms with Gasteiger partial charge in [0.05, 0.1) is 16.3 Å². The first-order chi connectivity index (χ1) is 12.2. The third-order valence-corrected chi connectivity index (χ3v) is 4.75. The number of aryl methyl sites for hydroxylation is 1. The quantitative estimate of drug-likeness (QED) is 0.519. The van der Waals surface area contributed by atoms with Crippen LogP contribution in [-0.2, 0) is 0 Å². The summed E-state index contributed by atoms with van der Waals surface area (Å²) in [5.74, 6) is 0.192. The molecule has 0 atom stereocenters. The summed E-state index contributed by atoms with van der Waals surface area (Å²) >= 11 is 1.67. The van der Waals surface area contributed by atoms with Crippen molar-refractivity contribution in [1.29, 1.82) is 0 Å². The number of nitrogens with one attached hydrogen (secondary N) is 3. The molecule has 0 aliphatic carbocycles. The van der Waals surface area contributed by atoms with Crippen LogP contribution in [0.2, 0.25) is 0 Å². The molecule has 124 valence electrons. The Morgan fingerprint density at radius 2 is 1.88 bits per heavy atom. The van der Waals surface area contributed by atoms with Gasteiger partial charge >= 0.3 is 0 Å². The maximum Gasteiger partial charge on any atom is 0.274 e. The van der Waals surface area contributed by atoms with Gasteiger partial charge in [-0.25, -0.2) is 0 Å². The summed E-state index contributed by atoms with van der Waals surface area (Å²) in [4.78, 5) is 14.7. The van der Waals surface area contributed by atoms with Crippen LogP contribution >= 0.6 is 11.3 Å². The van der Waals surface area contributed by atoms with E-state index in [4.69, 9.17) is 0 Å². The molecule has 3 N–H and O–H groups in total. The number of hydrogen-bond acceptors (Lipinski definition) is 4. The molecule has 1 amide bonds. The molecule has 6 nitrogen and oxygen atoms in total. The smallest absolute Gasteiger partial charge is 0.274 e. The second kappa shape index (κ2) is 6.37. The highest BCUT2D eigenvalue weighted by Gasteiger charge is 2.13. The van der Waals surface area contributed by atoms with Gasteiger partial charge in [-0.05, 0) is 25.1 Å². The zero-order chi connectivity index (χ0) is 17.2.